The van der Waals surface area contributed by atoms with E-state index in [1.807, 2.05) is 0 Å². The molecule has 0 bridgehead atoms. The molecular weight excluding hydrogens is 342 g/mol. The minimum absolute atomic E-state index is 0.273. The van der Waals surface area contributed by atoms with Gasteiger partial charge >= 0.3 is 0 Å². The van der Waals surface area contributed by atoms with E-state index in [9.17, 15) is 5.11 Å². The highest BCUT2D eigenvalue weighted by Crippen LogP contribution is 2.57. The summed E-state index contributed by atoms with van der Waals surface area (Å²) in [4.78, 5) is 0. The van der Waals surface area contributed by atoms with Crippen molar-refractivity contribution in [2.24, 2.45) is 17.3 Å². The van der Waals surface area contributed by atoms with Gasteiger partial charge in [0.05, 0.1) is 6.10 Å². The number of allylic oxidation sites excluding steroid dienone is 4. The lowest BCUT2D eigenvalue weighted by atomic mass is 9.64. The Bertz CT molecular complexity index is 844. The fourth-order valence-electron chi connectivity index (χ4n) is 5.63. The molecule has 1 saturated carbocycles. The summed E-state index contributed by atoms with van der Waals surface area (Å²) < 4.78 is 0. The van der Waals surface area contributed by atoms with E-state index in [1.165, 1.54) is 41.7 Å². The highest BCUT2D eigenvalue weighted by molar-refractivity contribution is 5.53. The number of hydrogen-bond donors (Lipinski definition) is 2. The van der Waals surface area contributed by atoms with Crippen molar-refractivity contribution < 1.29 is 5.11 Å². The van der Waals surface area contributed by atoms with Crippen LogP contribution in [0.25, 0.3) is 0 Å². The molecule has 0 aromatic heterocycles. The standard InChI is InChI=1S/C26H35NO/c1-17(2)20-11-13-26(4)14-12-21-22(25(20)26)10-9-19(15-24(21)28)16-27-23-8-6-5-7-18(23)3/h5-10,17,21,24,27-28H,11-16H2,1-4H3. The molecule has 0 amide bonds. The maximum Gasteiger partial charge on any atom is 0.0646 e. The molecule has 0 radical (unpaired) electrons. The molecule has 4 rings (SSSR count). The van der Waals surface area contributed by atoms with Crippen LogP contribution in [-0.4, -0.2) is 17.8 Å². The molecule has 1 fully saturated rings. The molecule has 2 N–H and O–H groups in total. The summed E-state index contributed by atoms with van der Waals surface area (Å²) in [7, 11) is 0. The van der Waals surface area contributed by atoms with Crippen LogP contribution in [0.4, 0.5) is 5.69 Å². The van der Waals surface area contributed by atoms with Gasteiger partial charge < -0.3 is 10.4 Å². The highest BCUT2D eigenvalue weighted by Gasteiger charge is 2.45. The molecule has 2 nitrogen and oxygen atoms in total. The first-order chi connectivity index (χ1) is 13.4. The predicted molar refractivity (Wildman–Crippen MR) is 118 cm³/mol. The van der Waals surface area contributed by atoms with Gasteiger partial charge in [0.1, 0.15) is 0 Å². The van der Waals surface area contributed by atoms with Crippen molar-refractivity contribution >= 4 is 5.69 Å². The van der Waals surface area contributed by atoms with E-state index in [1.54, 1.807) is 11.1 Å². The third kappa shape index (κ3) is 3.48. The first kappa shape index (κ1) is 19.5. The first-order valence-corrected chi connectivity index (χ1v) is 11.0. The number of rotatable bonds is 4. The van der Waals surface area contributed by atoms with Gasteiger partial charge in [0.15, 0.2) is 0 Å². The van der Waals surface area contributed by atoms with Crippen LogP contribution in [0.15, 0.2) is 58.7 Å². The second kappa shape index (κ2) is 7.55. The van der Waals surface area contributed by atoms with Crippen LogP contribution < -0.4 is 5.32 Å². The minimum Gasteiger partial charge on any atom is -0.392 e. The zero-order chi connectivity index (χ0) is 19.9. The van der Waals surface area contributed by atoms with Crippen LogP contribution in [0, 0.1) is 24.2 Å². The average Bonchev–Trinajstić information content (AvgIpc) is 2.94. The van der Waals surface area contributed by atoms with Gasteiger partial charge in [-0.3, -0.25) is 0 Å². The SMILES string of the molecule is Cc1ccccc1NCC1=CC=C2C3=C(C(C)C)CCC3(C)CCC2C(O)C1. The van der Waals surface area contributed by atoms with Crippen molar-refractivity contribution in [3.05, 3.63) is 64.3 Å². The van der Waals surface area contributed by atoms with E-state index < -0.39 is 0 Å². The van der Waals surface area contributed by atoms with Gasteiger partial charge in [-0.05, 0) is 78.7 Å². The zero-order valence-corrected chi connectivity index (χ0v) is 17.9. The molecule has 2 heteroatoms. The fourth-order valence-corrected chi connectivity index (χ4v) is 5.63. The fraction of sp³-hybridized carbons (Fsp3) is 0.538. The summed E-state index contributed by atoms with van der Waals surface area (Å²) in [6, 6.07) is 8.41. The number of hydrogen-bond acceptors (Lipinski definition) is 2. The van der Waals surface area contributed by atoms with Crippen LogP contribution in [0.1, 0.15) is 58.4 Å². The number of aliphatic hydroxyl groups excluding tert-OH is 1. The van der Waals surface area contributed by atoms with Crippen LogP contribution in [0.5, 0.6) is 0 Å². The molecule has 1 aromatic carbocycles. The first-order valence-electron chi connectivity index (χ1n) is 11.0. The Kier molecular flexibility index (Phi) is 5.26. The smallest absolute Gasteiger partial charge is 0.0646 e. The summed E-state index contributed by atoms with van der Waals surface area (Å²) in [5, 5.41) is 14.7. The number of anilines is 1. The minimum atomic E-state index is -0.273. The van der Waals surface area contributed by atoms with E-state index in [2.05, 4.69) is 69.4 Å². The number of aliphatic hydroxyl groups is 1. The van der Waals surface area contributed by atoms with Crippen molar-refractivity contribution in [1.29, 1.82) is 0 Å². The summed E-state index contributed by atoms with van der Waals surface area (Å²) in [6.07, 6.45) is 9.99. The van der Waals surface area contributed by atoms with E-state index in [0.717, 1.165) is 19.4 Å². The van der Waals surface area contributed by atoms with Crippen LogP contribution in [-0.2, 0) is 0 Å². The lowest BCUT2D eigenvalue weighted by Crippen LogP contribution is -2.33. The Balaban J connectivity index is 1.63. The summed E-state index contributed by atoms with van der Waals surface area (Å²) in [5.74, 6) is 0.894. The lowest BCUT2D eigenvalue weighted by molar-refractivity contribution is 0.104. The number of benzene rings is 1. The van der Waals surface area contributed by atoms with Crippen molar-refractivity contribution in [1.82, 2.24) is 0 Å². The predicted octanol–water partition coefficient (Wildman–Crippen LogP) is 6.19. The second-order valence-corrected chi connectivity index (χ2v) is 9.65. The van der Waals surface area contributed by atoms with Crippen molar-refractivity contribution in [2.45, 2.75) is 65.9 Å². The van der Waals surface area contributed by atoms with Gasteiger partial charge in [-0.1, -0.05) is 56.7 Å². The topological polar surface area (TPSA) is 32.3 Å². The molecule has 0 aliphatic heterocycles. The van der Waals surface area contributed by atoms with Gasteiger partial charge in [-0.25, -0.2) is 0 Å². The lowest BCUT2D eigenvalue weighted by Gasteiger charge is -2.41. The number of para-hydroxylation sites is 1. The molecule has 3 unspecified atom stereocenters. The zero-order valence-electron chi connectivity index (χ0n) is 17.9. The number of aryl methyl sites for hydroxylation is 1. The molecule has 1 aromatic rings. The molecule has 3 atom stereocenters. The van der Waals surface area contributed by atoms with Gasteiger partial charge in [0, 0.05) is 18.2 Å². The van der Waals surface area contributed by atoms with Crippen molar-refractivity contribution in [3.63, 3.8) is 0 Å². The molecule has 3 aliphatic carbocycles. The van der Waals surface area contributed by atoms with E-state index in [0.29, 0.717) is 17.3 Å². The van der Waals surface area contributed by atoms with E-state index in [4.69, 9.17) is 0 Å². The van der Waals surface area contributed by atoms with E-state index in [-0.39, 0.29) is 6.10 Å². The molecule has 0 spiro atoms. The Labute approximate surface area is 170 Å². The summed E-state index contributed by atoms with van der Waals surface area (Å²) in [6.45, 7) is 10.1. The Hall–Kier alpha value is -1.80. The third-order valence-electron chi connectivity index (χ3n) is 7.35. The molecule has 3 aliphatic rings. The summed E-state index contributed by atoms with van der Waals surface area (Å²) >= 11 is 0. The Morgan fingerprint density at radius 2 is 1.96 bits per heavy atom. The molecule has 28 heavy (non-hydrogen) atoms. The number of fused-ring (bicyclic) bond motifs is 3. The van der Waals surface area contributed by atoms with Crippen molar-refractivity contribution in [3.8, 4) is 0 Å². The Morgan fingerprint density at radius 3 is 2.71 bits per heavy atom. The van der Waals surface area contributed by atoms with Crippen LogP contribution in [0.2, 0.25) is 0 Å². The van der Waals surface area contributed by atoms with Gasteiger partial charge in [0.25, 0.3) is 0 Å². The van der Waals surface area contributed by atoms with Gasteiger partial charge in [-0.2, -0.15) is 0 Å². The normalized spacial score (nSPS) is 29.8. The maximum atomic E-state index is 11.1. The van der Waals surface area contributed by atoms with E-state index >= 15 is 0 Å². The highest BCUT2D eigenvalue weighted by atomic mass is 16.3. The third-order valence-corrected chi connectivity index (χ3v) is 7.35. The van der Waals surface area contributed by atoms with Crippen LogP contribution in [0.3, 0.4) is 0 Å². The molecular formula is C26H35NO. The average molecular weight is 378 g/mol. The van der Waals surface area contributed by atoms with Crippen molar-refractivity contribution in [2.75, 3.05) is 11.9 Å². The maximum absolute atomic E-state index is 11.1. The second-order valence-electron chi connectivity index (χ2n) is 9.65. The van der Waals surface area contributed by atoms with Gasteiger partial charge in [-0.15, -0.1) is 0 Å². The monoisotopic (exact) mass is 377 g/mol. The van der Waals surface area contributed by atoms with Crippen LogP contribution >= 0.6 is 0 Å². The Morgan fingerprint density at radius 1 is 1.18 bits per heavy atom. The molecule has 150 valence electrons. The number of nitrogens with one attached hydrogen (secondary N) is 1. The van der Waals surface area contributed by atoms with Gasteiger partial charge in [0.2, 0.25) is 0 Å². The summed E-state index contributed by atoms with van der Waals surface area (Å²) in [5.41, 5.74) is 8.73. The molecule has 0 heterocycles. The molecule has 0 saturated heterocycles. The largest absolute Gasteiger partial charge is 0.392 e. The quantitative estimate of drug-likeness (QED) is 0.656.